The van der Waals surface area contributed by atoms with Gasteiger partial charge in [-0.25, -0.2) is 4.79 Å². The smallest absolute Gasteiger partial charge is 0.409 e. The molecule has 1 heterocycles. The predicted octanol–water partition coefficient (Wildman–Crippen LogP) is 5.05. The number of thiol groups is 1. The minimum absolute atomic E-state index is 0.0960. The maximum atomic E-state index is 12.8. The summed E-state index contributed by atoms with van der Waals surface area (Å²) in [6, 6.07) is 24.9. The molecule has 1 aliphatic heterocycles. The molecular weight excluding hydrogens is 392 g/mol. The third-order valence-corrected chi connectivity index (χ3v) is 6.47. The van der Waals surface area contributed by atoms with E-state index in [9.17, 15) is 4.79 Å². The van der Waals surface area contributed by atoms with Gasteiger partial charge in [-0.05, 0) is 34.4 Å². The fourth-order valence-electron chi connectivity index (χ4n) is 4.55. The number of ether oxygens (including phenoxy) is 1. The van der Waals surface area contributed by atoms with Crippen LogP contribution in [0.2, 0.25) is 0 Å². The molecule has 1 saturated heterocycles. The van der Waals surface area contributed by atoms with Crippen LogP contribution in [0.4, 0.5) is 10.5 Å². The highest BCUT2D eigenvalue weighted by molar-refractivity contribution is 7.80. The average Bonchev–Trinajstić information content (AvgIpc) is 3.12. The summed E-state index contributed by atoms with van der Waals surface area (Å²) in [6.07, 6.45) is -0.226. The zero-order valence-electron chi connectivity index (χ0n) is 16.7. The lowest BCUT2D eigenvalue weighted by Gasteiger charge is -2.36. The first-order chi connectivity index (χ1) is 14.7. The molecule has 0 saturated carbocycles. The van der Waals surface area contributed by atoms with Gasteiger partial charge in [0.25, 0.3) is 0 Å². The molecule has 4 nitrogen and oxygen atoms in total. The van der Waals surface area contributed by atoms with Crippen LogP contribution in [0.5, 0.6) is 0 Å². The number of benzene rings is 3. The fourth-order valence-corrected chi connectivity index (χ4v) is 4.85. The standard InChI is InChI=1S/C25H24N2O2S/c28-25(27-15-13-26(14-16-27)23-11-5-6-12-24(23)30)29-17-22-20-9-3-1-7-18(20)19-8-2-4-10-21(19)22/h1-12,22,30H,13-17H2. The molecule has 0 unspecified atom stereocenters. The Bertz CT molecular complexity index is 1030. The highest BCUT2D eigenvalue weighted by Crippen LogP contribution is 2.44. The van der Waals surface area contributed by atoms with Crippen LogP contribution < -0.4 is 4.90 Å². The van der Waals surface area contributed by atoms with Crippen molar-refractivity contribution >= 4 is 24.4 Å². The summed E-state index contributed by atoms with van der Waals surface area (Å²) < 4.78 is 5.80. The Morgan fingerprint density at radius 1 is 0.833 bits per heavy atom. The fraction of sp³-hybridized carbons (Fsp3) is 0.240. The Balaban J connectivity index is 1.23. The van der Waals surface area contributed by atoms with Crippen molar-refractivity contribution in [2.45, 2.75) is 10.8 Å². The Morgan fingerprint density at radius 3 is 2.03 bits per heavy atom. The van der Waals surface area contributed by atoms with Gasteiger partial charge in [0.2, 0.25) is 0 Å². The van der Waals surface area contributed by atoms with Gasteiger partial charge in [0, 0.05) is 37.0 Å². The van der Waals surface area contributed by atoms with Gasteiger partial charge in [-0.15, -0.1) is 12.6 Å². The van der Waals surface area contributed by atoms with Crippen LogP contribution >= 0.6 is 12.6 Å². The van der Waals surface area contributed by atoms with E-state index in [0.29, 0.717) is 19.7 Å². The van der Waals surface area contributed by atoms with E-state index in [1.54, 1.807) is 0 Å². The van der Waals surface area contributed by atoms with Crippen LogP contribution in [0.3, 0.4) is 0 Å². The number of hydrogen-bond acceptors (Lipinski definition) is 4. The molecule has 0 spiro atoms. The predicted molar refractivity (Wildman–Crippen MR) is 123 cm³/mol. The third kappa shape index (κ3) is 3.43. The van der Waals surface area contributed by atoms with E-state index >= 15 is 0 Å². The second-order valence-electron chi connectivity index (χ2n) is 7.77. The van der Waals surface area contributed by atoms with Crippen molar-refractivity contribution in [2.24, 2.45) is 0 Å². The first-order valence-electron chi connectivity index (χ1n) is 10.4. The molecule has 0 N–H and O–H groups in total. The normalized spacial score (nSPS) is 15.6. The van der Waals surface area contributed by atoms with E-state index < -0.39 is 0 Å². The van der Waals surface area contributed by atoms with Crippen molar-refractivity contribution in [2.75, 3.05) is 37.7 Å². The summed E-state index contributed by atoms with van der Waals surface area (Å²) in [5.74, 6) is 0.0960. The SMILES string of the molecule is O=C(OCC1c2ccccc2-c2ccccc21)N1CCN(c2ccccc2S)CC1. The number of anilines is 1. The van der Waals surface area contributed by atoms with Crippen molar-refractivity contribution in [3.05, 3.63) is 83.9 Å². The molecule has 3 aromatic carbocycles. The second kappa shape index (κ2) is 8.07. The van der Waals surface area contributed by atoms with Crippen LogP contribution in [0.15, 0.2) is 77.7 Å². The molecule has 152 valence electrons. The number of carbonyl (C=O) groups is 1. The lowest BCUT2D eigenvalue weighted by atomic mass is 9.98. The first kappa shape index (κ1) is 19.1. The summed E-state index contributed by atoms with van der Waals surface area (Å²) in [4.78, 5) is 17.8. The minimum Gasteiger partial charge on any atom is -0.448 e. The van der Waals surface area contributed by atoms with Crippen LogP contribution in [0.25, 0.3) is 11.1 Å². The highest BCUT2D eigenvalue weighted by atomic mass is 32.1. The van der Waals surface area contributed by atoms with Gasteiger partial charge in [0.15, 0.2) is 0 Å². The number of carbonyl (C=O) groups excluding carboxylic acids is 1. The number of hydrogen-bond donors (Lipinski definition) is 1. The maximum absolute atomic E-state index is 12.8. The van der Waals surface area contributed by atoms with Crippen LogP contribution in [-0.4, -0.2) is 43.8 Å². The summed E-state index contributed by atoms with van der Waals surface area (Å²) in [6.45, 7) is 3.23. The lowest BCUT2D eigenvalue weighted by molar-refractivity contribution is 0.0976. The number of amides is 1. The van der Waals surface area contributed by atoms with Gasteiger partial charge in [-0.1, -0.05) is 60.7 Å². The van der Waals surface area contributed by atoms with Crippen LogP contribution in [0.1, 0.15) is 17.0 Å². The topological polar surface area (TPSA) is 32.8 Å². The van der Waals surface area contributed by atoms with E-state index in [2.05, 4.69) is 72.1 Å². The molecule has 0 radical (unpaired) electrons. The Morgan fingerprint density at radius 2 is 1.40 bits per heavy atom. The largest absolute Gasteiger partial charge is 0.448 e. The quantitative estimate of drug-likeness (QED) is 0.607. The molecule has 0 atom stereocenters. The van der Waals surface area contributed by atoms with Crippen LogP contribution in [-0.2, 0) is 4.74 Å². The molecule has 30 heavy (non-hydrogen) atoms. The summed E-state index contributed by atoms with van der Waals surface area (Å²) in [5.41, 5.74) is 6.08. The molecule has 0 bridgehead atoms. The zero-order valence-corrected chi connectivity index (χ0v) is 17.6. The van der Waals surface area contributed by atoms with E-state index in [0.717, 1.165) is 23.7 Å². The molecular formula is C25H24N2O2S. The number of nitrogens with zero attached hydrogens (tertiary/aromatic N) is 2. The second-order valence-corrected chi connectivity index (χ2v) is 8.25. The van der Waals surface area contributed by atoms with Gasteiger partial charge in [-0.2, -0.15) is 0 Å². The number of para-hydroxylation sites is 1. The van der Waals surface area contributed by atoms with E-state index in [1.807, 2.05) is 23.1 Å². The molecule has 5 rings (SSSR count). The Labute approximate surface area is 182 Å². The molecule has 3 aromatic rings. The van der Waals surface area contributed by atoms with Gasteiger partial charge >= 0.3 is 6.09 Å². The summed E-state index contributed by atoms with van der Waals surface area (Å²) in [5, 5.41) is 0. The van der Waals surface area contributed by atoms with Crippen LogP contribution in [0, 0.1) is 0 Å². The maximum Gasteiger partial charge on any atom is 0.409 e. The molecule has 2 aliphatic rings. The van der Waals surface area contributed by atoms with Gasteiger partial charge < -0.3 is 14.5 Å². The molecule has 1 amide bonds. The number of rotatable bonds is 3. The molecule has 5 heteroatoms. The number of piperazine rings is 1. The third-order valence-electron chi connectivity index (χ3n) is 6.10. The molecule has 1 aliphatic carbocycles. The van der Waals surface area contributed by atoms with Crippen molar-refractivity contribution in [1.82, 2.24) is 4.90 Å². The molecule has 1 fully saturated rings. The van der Waals surface area contributed by atoms with E-state index in [-0.39, 0.29) is 12.0 Å². The first-order valence-corrected chi connectivity index (χ1v) is 10.8. The lowest BCUT2D eigenvalue weighted by Crippen LogP contribution is -2.49. The van der Waals surface area contributed by atoms with Crippen molar-refractivity contribution < 1.29 is 9.53 Å². The van der Waals surface area contributed by atoms with Crippen molar-refractivity contribution in [1.29, 1.82) is 0 Å². The molecule has 0 aromatic heterocycles. The summed E-state index contributed by atoms with van der Waals surface area (Å²) in [7, 11) is 0. The zero-order chi connectivity index (χ0) is 20.5. The summed E-state index contributed by atoms with van der Waals surface area (Å²) >= 11 is 4.55. The minimum atomic E-state index is -0.226. The van der Waals surface area contributed by atoms with E-state index in [1.165, 1.54) is 22.3 Å². The van der Waals surface area contributed by atoms with Gasteiger partial charge in [0.05, 0.1) is 5.69 Å². The highest BCUT2D eigenvalue weighted by Gasteiger charge is 2.30. The monoisotopic (exact) mass is 416 g/mol. The number of fused-ring (bicyclic) bond motifs is 3. The van der Waals surface area contributed by atoms with Gasteiger partial charge in [0.1, 0.15) is 6.61 Å². The van der Waals surface area contributed by atoms with Crippen molar-refractivity contribution in [3.8, 4) is 11.1 Å². The van der Waals surface area contributed by atoms with Crippen molar-refractivity contribution in [3.63, 3.8) is 0 Å². The van der Waals surface area contributed by atoms with E-state index in [4.69, 9.17) is 4.74 Å². The average molecular weight is 417 g/mol. The van der Waals surface area contributed by atoms with Gasteiger partial charge in [-0.3, -0.25) is 0 Å². The Hall–Kier alpha value is -2.92. The Kier molecular flexibility index (Phi) is 5.13.